The lowest BCUT2D eigenvalue weighted by atomic mass is 10.2. The fraction of sp³-hybridized carbons (Fsp3) is 0. The first kappa shape index (κ1) is 20.6. The van der Waals surface area contributed by atoms with Crippen LogP contribution in [0.4, 0.5) is 22.2 Å². The quantitative estimate of drug-likeness (QED) is 0.190. The average Bonchev–Trinajstić information content (AvgIpc) is 3.23. The summed E-state index contributed by atoms with van der Waals surface area (Å²) in [6, 6.07) is 18.7. The van der Waals surface area contributed by atoms with E-state index in [2.05, 4.69) is 36.4 Å². The molecule has 31 heavy (non-hydrogen) atoms. The van der Waals surface area contributed by atoms with Crippen molar-refractivity contribution in [3.05, 3.63) is 86.9 Å². The zero-order chi connectivity index (χ0) is 21.8. The second-order valence-corrected chi connectivity index (χ2v) is 8.24. The van der Waals surface area contributed by atoms with E-state index in [1.807, 2.05) is 24.3 Å². The number of phenolic OH excluding ortho intramolecular Hbond substituents is 1. The third kappa shape index (κ3) is 5.11. The Morgan fingerprint density at radius 2 is 1.81 bits per heavy atom. The molecule has 0 radical (unpaired) electrons. The Morgan fingerprint density at radius 3 is 2.52 bits per heavy atom. The molecule has 0 amide bonds. The number of hydrogen-bond donors (Lipinski definition) is 2. The van der Waals surface area contributed by atoms with Crippen LogP contribution in [0.25, 0.3) is 10.6 Å². The Balaban J connectivity index is 1.45. The minimum Gasteiger partial charge on any atom is -0.507 e. The molecule has 0 aliphatic heterocycles. The van der Waals surface area contributed by atoms with Crippen LogP contribution in [0, 0.1) is 10.1 Å². The van der Waals surface area contributed by atoms with Gasteiger partial charge in [0.1, 0.15) is 10.8 Å². The summed E-state index contributed by atoms with van der Waals surface area (Å²) in [5.74, 6) is 0.158. The van der Waals surface area contributed by atoms with E-state index in [0.29, 0.717) is 16.4 Å². The van der Waals surface area contributed by atoms with Gasteiger partial charge in [-0.05, 0) is 54.6 Å². The topological polar surface area (TPSA) is 114 Å². The van der Waals surface area contributed by atoms with Crippen LogP contribution in [0.3, 0.4) is 0 Å². The Morgan fingerprint density at radius 1 is 1.06 bits per heavy atom. The van der Waals surface area contributed by atoms with Crippen molar-refractivity contribution in [2.75, 3.05) is 5.32 Å². The van der Waals surface area contributed by atoms with E-state index in [1.165, 1.54) is 23.5 Å². The molecule has 4 aromatic rings. The number of aromatic hydroxyl groups is 1. The van der Waals surface area contributed by atoms with E-state index in [1.54, 1.807) is 36.5 Å². The van der Waals surface area contributed by atoms with E-state index in [9.17, 15) is 15.2 Å². The van der Waals surface area contributed by atoms with E-state index in [-0.39, 0.29) is 11.4 Å². The van der Waals surface area contributed by atoms with Crippen molar-refractivity contribution in [3.63, 3.8) is 0 Å². The molecule has 0 saturated carbocycles. The molecule has 154 valence electrons. The molecule has 0 aliphatic carbocycles. The summed E-state index contributed by atoms with van der Waals surface area (Å²) in [5.41, 5.74) is 2.95. The second kappa shape index (κ2) is 9.02. The van der Waals surface area contributed by atoms with Crippen LogP contribution in [-0.2, 0) is 0 Å². The van der Waals surface area contributed by atoms with Gasteiger partial charge in [0.15, 0.2) is 0 Å². The predicted molar refractivity (Wildman–Crippen MR) is 125 cm³/mol. The molecule has 0 spiro atoms. The molecule has 1 heterocycles. The number of nitrogens with one attached hydrogen (secondary N) is 1. The molecular weight excluding hydrogens is 482 g/mol. The van der Waals surface area contributed by atoms with Crippen molar-refractivity contribution >= 4 is 55.7 Å². The fourth-order valence-corrected chi connectivity index (χ4v) is 3.79. The third-order valence-corrected chi connectivity index (χ3v) is 5.59. The standard InChI is InChI=1S/C21H14BrN5O3S/c22-15-3-10-19(28)14(11-15)12-23-16-4-1-13(2-5-16)20-25-26-21(31-20)24-17-6-8-18(9-7-17)27(29)30/h1-12,28H,(H,24,26). The maximum atomic E-state index is 10.7. The molecule has 0 saturated heterocycles. The SMILES string of the molecule is O=[N+]([O-])c1ccc(Nc2nnc(-c3ccc(N=Cc4cc(Br)ccc4O)cc3)s2)cc1. The number of nitro benzene ring substituents is 1. The summed E-state index contributed by atoms with van der Waals surface area (Å²) in [5, 5.41) is 33.3. The molecule has 8 nitrogen and oxygen atoms in total. The van der Waals surface area contributed by atoms with E-state index in [4.69, 9.17) is 0 Å². The fourth-order valence-electron chi connectivity index (χ4n) is 2.64. The van der Waals surface area contributed by atoms with Gasteiger partial charge < -0.3 is 10.4 Å². The van der Waals surface area contributed by atoms with Crippen molar-refractivity contribution in [1.29, 1.82) is 0 Å². The van der Waals surface area contributed by atoms with Crippen LogP contribution in [0.15, 0.2) is 76.2 Å². The number of hydrogen-bond acceptors (Lipinski definition) is 8. The lowest BCUT2D eigenvalue weighted by Crippen LogP contribution is -1.91. The maximum Gasteiger partial charge on any atom is 0.269 e. The van der Waals surface area contributed by atoms with Crippen LogP contribution in [-0.4, -0.2) is 26.4 Å². The maximum absolute atomic E-state index is 10.7. The summed E-state index contributed by atoms with van der Waals surface area (Å²) >= 11 is 4.74. The highest BCUT2D eigenvalue weighted by molar-refractivity contribution is 9.10. The zero-order valence-corrected chi connectivity index (χ0v) is 18.2. The Bertz CT molecular complexity index is 1260. The Hall–Kier alpha value is -3.63. The Kier molecular flexibility index (Phi) is 6.01. The van der Waals surface area contributed by atoms with Gasteiger partial charge in [0.25, 0.3) is 5.69 Å². The van der Waals surface area contributed by atoms with Gasteiger partial charge in [0.05, 0.1) is 10.6 Å². The van der Waals surface area contributed by atoms with Gasteiger partial charge in [-0.1, -0.05) is 27.3 Å². The third-order valence-electron chi connectivity index (χ3n) is 4.21. The van der Waals surface area contributed by atoms with Crippen LogP contribution in [0.5, 0.6) is 5.75 Å². The molecule has 0 bridgehead atoms. The average molecular weight is 496 g/mol. The summed E-state index contributed by atoms with van der Waals surface area (Å²) < 4.78 is 0.858. The zero-order valence-electron chi connectivity index (χ0n) is 15.8. The molecule has 2 N–H and O–H groups in total. The first-order valence-electron chi connectivity index (χ1n) is 8.96. The van der Waals surface area contributed by atoms with Crippen LogP contribution >= 0.6 is 27.3 Å². The van der Waals surface area contributed by atoms with Gasteiger partial charge in [0.2, 0.25) is 5.13 Å². The largest absolute Gasteiger partial charge is 0.507 e. The lowest BCUT2D eigenvalue weighted by molar-refractivity contribution is -0.384. The summed E-state index contributed by atoms with van der Waals surface area (Å²) in [4.78, 5) is 14.7. The number of benzene rings is 3. The smallest absolute Gasteiger partial charge is 0.269 e. The normalized spacial score (nSPS) is 11.0. The number of aliphatic imine (C=N–C) groups is 1. The lowest BCUT2D eigenvalue weighted by Gasteiger charge is -2.01. The van der Waals surface area contributed by atoms with Gasteiger partial charge >= 0.3 is 0 Å². The highest BCUT2D eigenvalue weighted by Gasteiger charge is 2.09. The van der Waals surface area contributed by atoms with Crippen molar-refractivity contribution in [1.82, 2.24) is 10.2 Å². The monoisotopic (exact) mass is 495 g/mol. The van der Waals surface area contributed by atoms with Crippen LogP contribution in [0.2, 0.25) is 0 Å². The van der Waals surface area contributed by atoms with E-state index < -0.39 is 4.92 Å². The summed E-state index contributed by atoms with van der Waals surface area (Å²) in [6.07, 6.45) is 1.60. The molecule has 0 atom stereocenters. The molecule has 0 aliphatic rings. The number of non-ortho nitro benzene ring substituents is 1. The highest BCUT2D eigenvalue weighted by atomic mass is 79.9. The number of halogens is 1. The molecule has 3 aromatic carbocycles. The van der Waals surface area contributed by atoms with Crippen molar-refractivity contribution in [2.24, 2.45) is 4.99 Å². The highest BCUT2D eigenvalue weighted by Crippen LogP contribution is 2.30. The number of aromatic nitrogens is 2. The molecule has 0 unspecified atom stereocenters. The number of nitro groups is 1. The van der Waals surface area contributed by atoms with Gasteiger partial charge in [-0.2, -0.15) is 0 Å². The molecule has 0 fully saturated rings. The number of phenols is 1. The molecule has 10 heteroatoms. The summed E-state index contributed by atoms with van der Waals surface area (Å²) in [6.45, 7) is 0. The minimum absolute atomic E-state index is 0.0290. The number of rotatable bonds is 6. The predicted octanol–water partition coefficient (Wildman–Crippen LogP) is 6.08. The van der Waals surface area contributed by atoms with Crippen molar-refractivity contribution < 1.29 is 10.0 Å². The number of anilines is 2. The van der Waals surface area contributed by atoms with E-state index in [0.717, 1.165) is 20.7 Å². The van der Waals surface area contributed by atoms with Crippen LogP contribution < -0.4 is 5.32 Å². The molecule has 1 aromatic heterocycles. The Labute approximate surface area is 189 Å². The molecular formula is C21H14BrN5O3S. The van der Waals surface area contributed by atoms with Crippen molar-refractivity contribution in [3.8, 4) is 16.3 Å². The summed E-state index contributed by atoms with van der Waals surface area (Å²) in [7, 11) is 0. The number of nitrogens with zero attached hydrogens (tertiary/aromatic N) is 4. The van der Waals surface area contributed by atoms with Gasteiger partial charge in [-0.3, -0.25) is 15.1 Å². The minimum atomic E-state index is -0.442. The first-order valence-corrected chi connectivity index (χ1v) is 10.6. The van der Waals surface area contributed by atoms with Crippen molar-refractivity contribution in [2.45, 2.75) is 0 Å². The molecule has 4 rings (SSSR count). The first-order chi connectivity index (χ1) is 15.0. The van der Waals surface area contributed by atoms with Gasteiger partial charge in [-0.25, -0.2) is 0 Å². The second-order valence-electron chi connectivity index (χ2n) is 6.35. The van der Waals surface area contributed by atoms with Gasteiger partial charge in [-0.15, -0.1) is 10.2 Å². The van der Waals surface area contributed by atoms with E-state index >= 15 is 0 Å². The van der Waals surface area contributed by atoms with Crippen LogP contribution in [0.1, 0.15) is 5.56 Å². The van der Waals surface area contributed by atoms with Gasteiger partial charge in [0, 0.05) is 39.6 Å².